The molecule has 6 heteroatoms. The zero-order valence-electron chi connectivity index (χ0n) is 11.6. The molecular formula is C14H20F3NO2. The fraction of sp³-hybridized carbons (Fsp3) is 0.571. The molecule has 2 N–H and O–H groups in total. The summed E-state index contributed by atoms with van der Waals surface area (Å²) in [5, 5.41) is 18.4. The van der Waals surface area contributed by atoms with Gasteiger partial charge in [0.15, 0.2) is 0 Å². The van der Waals surface area contributed by atoms with Crippen LogP contribution in [0.4, 0.5) is 13.2 Å². The molecule has 1 aromatic carbocycles. The van der Waals surface area contributed by atoms with E-state index in [9.17, 15) is 23.4 Å². The van der Waals surface area contributed by atoms with Crippen LogP contribution in [0.1, 0.15) is 18.1 Å². The molecule has 0 aliphatic carbocycles. The maximum atomic E-state index is 12.4. The lowest BCUT2D eigenvalue weighted by molar-refractivity contribution is -0.137. The van der Waals surface area contributed by atoms with Crippen LogP contribution in [0.25, 0.3) is 0 Å². The third kappa shape index (κ3) is 4.77. The first-order valence-corrected chi connectivity index (χ1v) is 6.26. The van der Waals surface area contributed by atoms with E-state index in [1.54, 1.807) is 14.0 Å². The van der Waals surface area contributed by atoms with Crippen LogP contribution in [0.3, 0.4) is 0 Å². The fourth-order valence-corrected chi connectivity index (χ4v) is 1.97. The summed E-state index contributed by atoms with van der Waals surface area (Å²) in [7, 11) is 1.79. The third-order valence-corrected chi connectivity index (χ3v) is 3.15. The summed E-state index contributed by atoms with van der Waals surface area (Å²) < 4.78 is 37.3. The van der Waals surface area contributed by atoms with Gasteiger partial charge in [0, 0.05) is 18.5 Å². The Morgan fingerprint density at radius 2 is 1.55 bits per heavy atom. The number of halogens is 3. The number of aliphatic hydroxyl groups excluding tert-OH is 2. The molecule has 0 amide bonds. The van der Waals surface area contributed by atoms with Gasteiger partial charge < -0.3 is 15.1 Å². The van der Waals surface area contributed by atoms with Crippen LogP contribution in [0.2, 0.25) is 0 Å². The third-order valence-electron chi connectivity index (χ3n) is 3.15. The molecule has 0 heterocycles. The van der Waals surface area contributed by atoms with E-state index < -0.39 is 17.2 Å². The molecule has 0 atom stereocenters. The van der Waals surface area contributed by atoms with Gasteiger partial charge >= 0.3 is 6.18 Å². The van der Waals surface area contributed by atoms with Gasteiger partial charge in [0.1, 0.15) is 0 Å². The number of hydrogen-bond acceptors (Lipinski definition) is 3. The summed E-state index contributed by atoms with van der Waals surface area (Å²) >= 11 is 0. The Bertz CT molecular complexity index is 413. The first-order chi connectivity index (χ1) is 9.20. The Hall–Kier alpha value is -1.11. The van der Waals surface area contributed by atoms with E-state index >= 15 is 0 Å². The Balaban J connectivity index is 2.65. The van der Waals surface area contributed by atoms with E-state index in [4.69, 9.17) is 0 Å². The number of rotatable bonds is 6. The molecule has 20 heavy (non-hydrogen) atoms. The molecule has 0 bridgehead atoms. The van der Waals surface area contributed by atoms with Crippen LogP contribution < -0.4 is 0 Å². The lowest BCUT2D eigenvalue weighted by Crippen LogP contribution is -2.38. The summed E-state index contributed by atoms with van der Waals surface area (Å²) in [6, 6.07) is 4.99. The topological polar surface area (TPSA) is 43.7 Å². The monoisotopic (exact) mass is 291 g/mol. The van der Waals surface area contributed by atoms with Gasteiger partial charge in [-0.2, -0.15) is 13.2 Å². The SMILES string of the molecule is CN(Cc1ccc(C(F)(F)F)cc1)CC(C)(CO)CO. The van der Waals surface area contributed by atoms with Crippen molar-refractivity contribution in [3.05, 3.63) is 35.4 Å². The van der Waals surface area contributed by atoms with Crippen molar-refractivity contribution in [2.75, 3.05) is 26.8 Å². The molecule has 3 nitrogen and oxygen atoms in total. The van der Waals surface area contributed by atoms with Crippen molar-refractivity contribution < 1.29 is 23.4 Å². The number of nitrogens with zero attached hydrogens (tertiary/aromatic N) is 1. The number of aliphatic hydroxyl groups is 2. The molecule has 1 rings (SSSR count). The maximum Gasteiger partial charge on any atom is 0.416 e. The highest BCUT2D eigenvalue weighted by Gasteiger charge is 2.30. The molecule has 0 aromatic heterocycles. The van der Waals surface area contributed by atoms with E-state index in [0.717, 1.165) is 17.7 Å². The van der Waals surface area contributed by atoms with E-state index in [1.807, 2.05) is 4.90 Å². The van der Waals surface area contributed by atoms with Crippen LogP contribution in [-0.4, -0.2) is 41.9 Å². The molecule has 0 fully saturated rings. The normalized spacial score (nSPS) is 13.0. The fourth-order valence-electron chi connectivity index (χ4n) is 1.97. The first kappa shape index (κ1) is 16.9. The summed E-state index contributed by atoms with van der Waals surface area (Å²) in [4.78, 5) is 1.86. The predicted octanol–water partition coefficient (Wildman–Crippen LogP) is 2.13. The van der Waals surface area contributed by atoms with Gasteiger partial charge in [-0.15, -0.1) is 0 Å². The predicted molar refractivity (Wildman–Crippen MR) is 70.1 cm³/mol. The quantitative estimate of drug-likeness (QED) is 0.844. The van der Waals surface area contributed by atoms with Gasteiger partial charge in [0.25, 0.3) is 0 Å². The van der Waals surface area contributed by atoms with Crippen LogP contribution in [0, 0.1) is 5.41 Å². The van der Waals surface area contributed by atoms with Gasteiger partial charge in [-0.1, -0.05) is 19.1 Å². The minimum atomic E-state index is -4.32. The van der Waals surface area contributed by atoms with Gasteiger partial charge in [0.05, 0.1) is 18.8 Å². The summed E-state index contributed by atoms with van der Waals surface area (Å²) in [5.74, 6) is 0. The zero-order valence-corrected chi connectivity index (χ0v) is 11.6. The average molecular weight is 291 g/mol. The van der Waals surface area contributed by atoms with E-state index in [-0.39, 0.29) is 13.2 Å². The van der Waals surface area contributed by atoms with Crippen molar-refractivity contribution in [2.45, 2.75) is 19.6 Å². The second kappa shape index (κ2) is 6.56. The van der Waals surface area contributed by atoms with Crippen molar-refractivity contribution in [3.63, 3.8) is 0 Å². The molecule has 0 spiro atoms. The summed E-state index contributed by atoms with van der Waals surface area (Å²) in [6.07, 6.45) is -4.32. The molecule has 0 aliphatic rings. The van der Waals surface area contributed by atoms with Gasteiger partial charge in [-0.05, 0) is 24.7 Å². The Kier molecular flexibility index (Phi) is 5.56. The Labute approximate surface area is 116 Å². The van der Waals surface area contributed by atoms with Crippen molar-refractivity contribution in [1.29, 1.82) is 0 Å². The molecule has 0 aliphatic heterocycles. The lowest BCUT2D eigenvalue weighted by atomic mass is 9.92. The first-order valence-electron chi connectivity index (χ1n) is 6.26. The Morgan fingerprint density at radius 3 is 1.95 bits per heavy atom. The second-order valence-corrected chi connectivity index (χ2v) is 5.49. The minimum Gasteiger partial charge on any atom is -0.396 e. The number of alkyl halides is 3. The zero-order chi connectivity index (χ0) is 15.4. The van der Waals surface area contributed by atoms with Crippen molar-refractivity contribution in [3.8, 4) is 0 Å². The molecule has 114 valence electrons. The highest BCUT2D eigenvalue weighted by molar-refractivity contribution is 5.24. The van der Waals surface area contributed by atoms with Gasteiger partial charge in [-0.3, -0.25) is 0 Å². The molecule has 0 saturated carbocycles. The van der Waals surface area contributed by atoms with Crippen LogP contribution in [0.5, 0.6) is 0 Å². The minimum absolute atomic E-state index is 0.152. The Morgan fingerprint density at radius 1 is 1.05 bits per heavy atom. The van der Waals surface area contributed by atoms with Crippen molar-refractivity contribution >= 4 is 0 Å². The van der Waals surface area contributed by atoms with Crippen LogP contribution in [-0.2, 0) is 12.7 Å². The van der Waals surface area contributed by atoms with E-state index in [2.05, 4.69) is 0 Å². The van der Waals surface area contributed by atoms with Gasteiger partial charge in [-0.25, -0.2) is 0 Å². The second-order valence-electron chi connectivity index (χ2n) is 5.49. The van der Waals surface area contributed by atoms with E-state index in [1.165, 1.54) is 12.1 Å². The standard InChI is InChI=1S/C14H20F3NO2/c1-13(9-19,10-20)8-18(2)7-11-3-5-12(6-4-11)14(15,16)17/h3-6,19-20H,7-10H2,1-2H3. The summed E-state index contributed by atoms with van der Waals surface area (Å²) in [5.41, 5.74) is -0.543. The molecule has 0 unspecified atom stereocenters. The molecule has 1 aromatic rings. The lowest BCUT2D eigenvalue weighted by Gasteiger charge is -2.30. The van der Waals surface area contributed by atoms with Gasteiger partial charge in [0.2, 0.25) is 0 Å². The molecule has 0 radical (unpaired) electrons. The highest BCUT2D eigenvalue weighted by atomic mass is 19.4. The number of benzene rings is 1. The largest absolute Gasteiger partial charge is 0.416 e. The number of hydrogen-bond donors (Lipinski definition) is 2. The summed E-state index contributed by atoms with van der Waals surface area (Å²) in [6.45, 7) is 2.34. The average Bonchev–Trinajstić information content (AvgIpc) is 2.38. The van der Waals surface area contributed by atoms with Crippen molar-refractivity contribution in [2.24, 2.45) is 5.41 Å². The smallest absolute Gasteiger partial charge is 0.396 e. The van der Waals surface area contributed by atoms with Crippen LogP contribution in [0.15, 0.2) is 24.3 Å². The van der Waals surface area contributed by atoms with Crippen LogP contribution >= 0.6 is 0 Å². The maximum absolute atomic E-state index is 12.4. The molecular weight excluding hydrogens is 271 g/mol. The highest BCUT2D eigenvalue weighted by Crippen LogP contribution is 2.29. The van der Waals surface area contributed by atoms with Crippen molar-refractivity contribution in [1.82, 2.24) is 4.90 Å². The molecule has 0 saturated heterocycles. The van der Waals surface area contributed by atoms with E-state index in [0.29, 0.717) is 13.1 Å².